The van der Waals surface area contributed by atoms with Gasteiger partial charge in [-0.3, -0.25) is 14.5 Å². The number of carbonyl (C=O) groups excluding carboxylic acids is 1. The summed E-state index contributed by atoms with van der Waals surface area (Å²) in [7, 11) is 0. The highest BCUT2D eigenvalue weighted by Gasteiger charge is 2.35. The molecule has 5 heteroatoms. The number of nitrogens with zero attached hydrogens (tertiary/aromatic N) is 2. The quantitative estimate of drug-likeness (QED) is 0.801. The van der Waals surface area contributed by atoms with E-state index in [9.17, 15) is 9.59 Å². The Kier molecular flexibility index (Phi) is 2.60. The summed E-state index contributed by atoms with van der Waals surface area (Å²) in [5.41, 5.74) is 1.00. The third kappa shape index (κ3) is 1.88. The largest absolute Gasteiger partial charge is 0.481 e. The van der Waals surface area contributed by atoms with Gasteiger partial charge in [-0.25, -0.2) is 4.98 Å². The van der Waals surface area contributed by atoms with Crippen LogP contribution >= 0.6 is 0 Å². The molecule has 0 bridgehead atoms. The van der Waals surface area contributed by atoms with E-state index < -0.39 is 11.9 Å². The van der Waals surface area contributed by atoms with Gasteiger partial charge in [-0.05, 0) is 18.6 Å². The Morgan fingerprint density at radius 1 is 1.56 bits per heavy atom. The van der Waals surface area contributed by atoms with Crippen LogP contribution in [0.3, 0.4) is 0 Å². The number of aromatic nitrogens is 1. The number of hydrogen-bond acceptors (Lipinski definition) is 3. The van der Waals surface area contributed by atoms with Crippen LogP contribution in [0.4, 0.5) is 5.82 Å². The van der Waals surface area contributed by atoms with Crippen LogP contribution in [-0.4, -0.2) is 28.5 Å². The van der Waals surface area contributed by atoms with E-state index in [0.717, 1.165) is 5.56 Å². The normalized spacial score (nSPS) is 20.2. The van der Waals surface area contributed by atoms with E-state index >= 15 is 0 Å². The molecule has 0 spiro atoms. The third-order valence-corrected chi connectivity index (χ3v) is 2.65. The van der Waals surface area contributed by atoms with E-state index in [1.54, 1.807) is 12.3 Å². The summed E-state index contributed by atoms with van der Waals surface area (Å²) in [5, 5.41) is 8.84. The summed E-state index contributed by atoms with van der Waals surface area (Å²) in [6.07, 6.45) is 1.72. The van der Waals surface area contributed by atoms with Gasteiger partial charge in [0, 0.05) is 19.2 Å². The van der Waals surface area contributed by atoms with Crippen molar-refractivity contribution in [2.24, 2.45) is 5.92 Å². The number of anilines is 1. The molecule has 1 N–H and O–H groups in total. The molecule has 0 aliphatic carbocycles. The van der Waals surface area contributed by atoms with Crippen molar-refractivity contribution < 1.29 is 14.7 Å². The van der Waals surface area contributed by atoms with Crippen molar-refractivity contribution in [3.8, 4) is 0 Å². The first-order chi connectivity index (χ1) is 7.58. The highest BCUT2D eigenvalue weighted by molar-refractivity contribution is 5.98. The number of carbonyl (C=O) groups is 2. The highest BCUT2D eigenvalue weighted by Crippen LogP contribution is 2.23. The van der Waals surface area contributed by atoms with Crippen LogP contribution in [0, 0.1) is 12.8 Å². The second kappa shape index (κ2) is 3.92. The molecule has 1 aromatic rings. The monoisotopic (exact) mass is 220 g/mol. The Morgan fingerprint density at radius 2 is 2.31 bits per heavy atom. The fraction of sp³-hybridized carbons (Fsp3) is 0.364. The van der Waals surface area contributed by atoms with E-state index in [2.05, 4.69) is 4.98 Å². The zero-order chi connectivity index (χ0) is 11.7. The first-order valence-electron chi connectivity index (χ1n) is 5.04. The molecule has 1 aliphatic heterocycles. The zero-order valence-corrected chi connectivity index (χ0v) is 8.88. The second-order valence-corrected chi connectivity index (χ2v) is 3.94. The lowest BCUT2D eigenvalue weighted by molar-refractivity contribution is -0.141. The highest BCUT2D eigenvalue weighted by atomic mass is 16.4. The fourth-order valence-corrected chi connectivity index (χ4v) is 1.71. The number of carboxylic acids is 1. The predicted octanol–water partition coefficient (Wildman–Crippen LogP) is 0.828. The van der Waals surface area contributed by atoms with Crippen molar-refractivity contribution in [2.75, 3.05) is 11.4 Å². The molecule has 0 aromatic carbocycles. The summed E-state index contributed by atoms with van der Waals surface area (Å²) in [4.78, 5) is 27.9. The lowest BCUT2D eigenvalue weighted by Crippen LogP contribution is -2.26. The molecule has 1 saturated heterocycles. The number of pyridine rings is 1. The molecule has 0 radical (unpaired) electrons. The van der Waals surface area contributed by atoms with Crippen molar-refractivity contribution in [3.05, 3.63) is 23.9 Å². The van der Waals surface area contributed by atoms with Crippen molar-refractivity contribution in [2.45, 2.75) is 13.3 Å². The van der Waals surface area contributed by atoms with E-state index in [0.29, 0.717) is 5.82 Å². The average molecular weight is 220 g/mol. The molecule has 1 atom stereocenters. The summed E-state index contributed by atoms with van der Waals surface area (Å²) < 4.78 is 0. The fourth-order valence-electron chi connectivity index (χ4n) is 1.71. The van der Waals surface area contributed by atoms with Crippen molar-refractivity contribution in [1.82, 2.24) is 4.98 Å². The number of rotatable bonds is 2. The van der Waals surface area contributed by atoms with Crippen LogP contribution in [0.25, 0.3) is 0 Å². The summed E-state index contributed by atoms with van der Waals surface area (Å²) in [5.74, 6) is -1.19. The SMILES string of the molecule is Cc1ccc(N2CC(C(=O)O)CC2=O)nc1. The maximum Gasteiger partial charge on any atom is 0.308 e. The minimum absolute atomic E-state index is 0.0604. The first kappa shape index (κ1) is 10.6. The van der Waals surface area contributed by atoms with Crippen LogP contribution < -0.4 is 4.90 Å². The summed E-state index contributed by atoms with van der Waals surface area (Å²) >= 11 is 0. The van der Waals surface area contributed by atoms with Gasteiger partial charge >= 0.3 is 5.97 Å². The second-order valence-electron chi connectivity index (χ2n) is 3.94. The molecule has 1 amide bonds. The van der Waals surface area contributed by atoms with Gasteiger partial charge in [0.25, 0.3) is 0 Å². The van der Waals surface area contributed by atoms with Gasteiger partial charge in [0.2, 0.25) is 5.91 Å². The number of hydrogen-bond donors (Lipinski definition) is 1. The van der Waals surface area contributed by atoms with Crippen molar-refractivity contribution in [1.29, 1.82) is 0 Å². The number of amides is 1. The Hall–Kier alpha value is -1.91. The lowest BCUT2D eigenvalue weighted by atomic mass is 10.1. The number of aryl methyl sites for hydroxylation is 1. The molecule has 84 valence electrons. The standard InChI is InChI=1S/C11H12N2O3/c1-7-2-3-9(12-5-7)13-6-8(11(15)16)4-10(13)14/h2-3,5,8H,4,6H2,1H3,(H,15,16). The van der Waals surface area contributed by atoms with Crippen LogP contribution in [0.2, 0.25) is 0 Å². The maximum atomic E-state index is 11.6. The predicted molar refractivity (Wildman–Crippen MR) is 57.1 cm³/mol. The van der Waals surface area contributed by atoms with Crippen molar-refractivity contribution >= 4 is 17.7 Å². The van der Waals surface area contributed by atoms with Gasteiger partial charge in [0.15, 0.2) is 0 Å². The van der Waals surface area contributed by atoms with Crippen LogP contribution in [0.5, 0.6) is 0 Å². The average Bonchev–Trinajstić information content (AvgIpc) is 2.62. The first-order valence-corrected chi connectivity index (χ1v) is 5.04. The Labute approximate surface area is 92.7 Å². The Morgan fingerprint density at radius 3 is 2.81 bits per heavy atom. The van der Waals surface area contributed by atoms with E-state index in [1.165, 1.54) is 4.90 Å². The molecule has 2 heterocycles. The molecule has 1 aliphatic rings. The van der Waals surface area contributed by atoms with Gasteiger partial charge in [0.05, 0.1) is 5.92 Å². The van der Waals surface area contributed by atoms with Crippen LogP contribution in [-0.2, 0) is 9.59 Å². The van der Waals surface area contributed by atoms with E-state index in [4.69, 9.17) is 5.11 Å². The van der Waals surface area contributed by atoms with Gasteiger partial charge in [-0.15, -0.1) is 0 Å². The smallest absolute Gasteiger partial charge is 0.308 e. The Balaban J connectivity index is 2.20. The molecule has 16 heavy (non-hydrogen) atoms. The minimum atomic E-state index is -0.928. The van der Waals surface area contributed by atoms with Crippen molar-refractivity contribution in [3.63, 3.8) is 0 Å². The van der Waals surface area contributed by atoms with Crippen LogP contribution in [0.1, 0.15) is 12.0 Å². The topological polar surface area (TPSA) is 70.5 Å². The van der Waals surface area contributed by atoms with Gasteiger partial charge < -0.3 is 5.11 Å². The number of carboxylic acid groups (broad SMARTS) is 1. The molecule has 0 saturated carbocycles. The minimum Gasteiger partial charge on any atom is -0.481 e. The summed E-state index contributed by atoms with van der Waals surface area (Å²) in [6, 6.07) is 3.58. The third-order valence-electron chi connectivity index (χ3n) is 2.65. The lowest BCUT2D eigenvalue weighted by Gasteiger charge is -2.14. The summed E-state index contributed by atoms with van der Waals surface area (Å²) in [6.45, 7) is 2.12. The molecular weight excluding hydrogens is 208 g/mol. The van der Waals surface area contributed by atoms with E-state index in [1.807, 2.05) is 13.0 Å². The number of aliphatic carboxylic acids is 1. The molecule has 1 unspecified atom stereocenters. The Bertz CT molecular complexity index is 427. The zero-order valence-electron chi connectivity index (χ0n) is 8.88. The van der Waals surface area contributed by atoms with Crippen LogP contribution in [0.15, 0.2) is 18.3 Å². The molecule has 5 nitrogen and oxygen atoms in total. The maximum absolute atomic E-state index is 11.6. The molecular formula is C11H12N2O3. The molecule has 1 aromatic heterocycles. The van der Waals surface area contributed by atoms with Gasteiger partial charge in [0.1, 0.15) is 5.82 Å². The van der Waals surface area contributed by atoms with E-state index in [-0.39, 0.29) is 18.9 Å². The van der Waals surface area contributed by atoms with Gasteiger partial charge in [-0.1, -0.05) is 6.07 Å². The molecule has 1 fully saturated rings. The molecule has 2 rings (SSSR count). The van der Waals surface area contributed by atoms with Gasteiger partial charge in [-0.2, -0.15) is 0 Å².